The molecular formula is C18H21N7O. The molecule has 8 heteroatoms. The summed E-state index contributed by atoms with van der Waals surface area (Å²) in [5.74, 6) is 1.49. The highest BCUT2D eigenvalue weighted by Crippen LogP contribution is 2.28. The average molecular weight is 351 g/mol. The predicted molar refractivity (Wildman–Crippen MR) is 101 cm³/mol. The van der Waals surface area contributed by atoms with E-state index < -0.39 is 0 Å². The standard InChI is InChI=1S/C18H21N7O/c1-2-12(1)21-16-15-17(20-11-19-16)24-18(23-15)22-13-3-5-14(6-4-13)25-7-9-26-10-8-25/h3-6,11-12H,1-2,7-10H2,(H3,19,20,21,22,23,24). The van der Waals surface area contributed by atoms with E-state index >= 15 is 0 Å². The number of aromatic nitrogens is 4. The summed E-state index contributed by atoms with van der Waals surface area (Å²) in [4.78, 5) is 18.7. The monoisotopic (exact) mass is 351 g/mol. The fourth-order valence-electron chi connectivity index (χ4n) is 3.13. The Morgan fingerprint density at radius 2 is 1.88 bits per heavy atom. The molecule has 134 valence electrons. The Morgan fingerprint density at radius 3 is 2.65 bits per heavy atom. The van der Waals surface area contributed by atoms with E-state index in [0.29, 0.717) is 17.6 Å². The Bertz CT molecular complexity index is 898. The first kappa shape index (κ1) is 15.4. The summed E-state index contributed by atoms with van der Waals surface area (Å²) in [6.07, 6.45) is 3.94. The maximum Gasteiger partial charge on any atom is 0.207 e. The third-order valence-electron chi connectivity index (χ3n) is 4.71. The van der Waals surface area contributed by atoms with Crippen LogP contribution in [-0.4, -0.2) is 52.3 Å². The van der Waals surface area contributed by atoms with E-state index in [-0.39, 0.29) is 0 Å². The number of rotatable bonds is 5. The van der Waals surface area contributed by atoms with Gasteiger partial charge in [0.15, 0.2) is 11.5 Å². The van der Waals surface area contributed by atoms with Crippen LogP contribution in [0.25, 0.3) is 11.2 Å². The van der Waals surface area contributed by atoms with Gasteiger partial charge < -0.3 is 25.3 Å². The smallest absolute Gasteiger partial charge is 0.207 e. The fourth-order valence-corrected chi connectivity index (χ4v) is 3.13. The van der Waals surface area contributed by atoms with Crippen molar-refractivity contribution in [3.63, 3.8) is 0 Å². The van der Waals surface area contributed by atoms with E-state index in [2.05, 4.69) is 59.7 Å². The van der Waals surface area contributed by atoms with Crippen molar-refractivity contribution in [1.29, 1.82) is 0 Å². The van der Waals surface area contributed by atoms with Gasteiger partial charge in [0.1, 0.15) is 11.8 Å². The predicted octanol–water partition coefficient (Wildman–Crippen LogP) is 2.51. The number of H-pyrrole nitrogens is 1. The molecule has 5 rings (SSSR count). The number of aromatic amines is 1. The van der Waals surface area contributed by atoms with E-state index in [9.17, 15) is 0 Å². The number of fused-ring (bicyclic) bond motifs is 1. The van der Waals surface area contributed by atoms with Crippen molar-refractivity contribution in [2.75, 3.05) is 41.8 Å². The minimum atomic E-state index is 0.528. The van der Waals surface area contributed by atoms with Gasteiger partial charge >= 0.3 is 0 Å². The molecule has 1 saturated carbocycles. The highest BCUT2D eigenvalue weighted by atomic mass is 16.5. The molecule has 0 amide bonds. The number of anilines is 4. The molecule has 2 aliphatic rings. The molecule has 0 unspecified atom stereocenters. The van der Waals surface area contributed by atoms with E-state index in [4.69, 9.17) is 4.74 Å². The Balaban J connectivity index is 1.33. The molecule has 3 aromatic rings. The SMILES string of the molecule is c1nc(NC2CC2)c2[nH]c(Nc3ccc(N4CCOCC4)cc3)nc2n1. The molecule has 0 spiro atoms. The number of imidazole rings is 1. The third-order valence-corrected chi connectivity index (χ3v) is 4.71. The van der Waals surface area contributed by atoms with Gasteiger partial charge in [0.2, 0.25) is 5.95 Å². The number of morpholine rings is 1. The van der Waals surface area contributed by atoms with E-state index in [1.165, 1.54) is 18.5 Å². The highest BCUT2D eigenvalue weighted by molar-refractivity contribution is 5.85. The molecule has 1 aromatic carbocycles. The maximum atomic E-state index is 5.41. The molecule has 3 heterocycles. The van der Waals surface area contributed by atoms with Crippen LogP contribution in [0.3, 0.4) is 0 Å². The van der Waals surface area contributed by atoms with Gasteiger partial charge in [-0.1, -0.05) is 0 Å². The maximum absolute atomic E-state index is 5.41. The van der Waals surface area contributed by atoms with Gasteiger partial charge in [-0.05, 0) is 37.1 Å². The summed E-state index contributed by atoms with van der Waals surface area (Å²) in [6.45, 7) is 3.45. The number of hydrogen-bond acceptors (Lipinski definition) is 7. The number of benzene rings is 1. The van der Waals surface area contributed by atoms with E-state index in [1.807, 2.05) is 0 Å². The van der Waals surface area contributed by atoms with Crippen LogP contribution >= 0.6 is 0 Å². The number of nitrogens with zero attached hydrogens (tertiary/aromatic N) is 4. The van der Waals surface area contributed by atoms with Crippen LogP contribution < -0.4 is 15.5 Å². The fraction of sp³-hybridized carbons (Fsp3) is 0.389. The van der Waals surface area contributed by atoms with Crippen molar-refractivity contribution in [1.82, 2.24) is 19.9 Å². The van der Waals surface area contributed by atoms with Gasteiger partial charge in [-0.3, -0.25) is 0 Å². The lowest BCUT2D eigenvalue weighted by Gasteiger charge is -2.28. The summed E-state index contributed by atoms with van der Waals surface area (Å²) < 4.78 is 5.41. The minimum Gasteiger partial charge on any atom is -0.378 e. The van der Waals surface area contributed by atoms with Crippen molar-refractivity contribution in [3.05, 3.63) is 30.6 Å². The van der Waals surface area contributed by atoms with Gasteiger partial charge in [0.25, 0.3) is 0 Å². The van der Waals surface area contributed by atoms with Crippen LogP contribution in [0.2, 0.25) is 0 Å². The average Bonchev–Trinajstić information content (AvgIpc) is 3.40. The first-order valence-electron chi connectivity index (χ1n) is 9.02. The van der Waals surface area contributed by atoms with Gasteiger partial charge in [0.05, 0.1) is 13.2 Å². The van der Waals surface area contributed by atoms with Crippen molar-refractivity contribution >= 4 is 34.3 Å². The zero-order chi connectivity index (χ0) is 17.3. The number of nitrogens with one attached hydrogen (secondary N) is 3. The van der Waals surface area contributed by atoms with Crippen LogP contribution in [0.15, 0.2) is 30.6 Å². The quantitative estimate of drug-likeness (QED) is 0.650. The normalized spacial score (nSPS) is 17.5. The number of ether oxygens (including phenoxy) is 1. The van der Waals surface area contributed by atoms with Crippen LogP contribution in [0.4, 0.5) is 23.1 Å². The van der Waals surface area contributed by atoms with E-state index in [1.54, 1.807) is 6.33 Å². The summed E-state index contributed by atoms with van der Waals surface area (Å²) in [5, 5.41) is 6.73. The molecule has 2 aromatic heterocycles. The van der Waals surface area contributed by atoms with Gasteiger partial charge in [0, 0.05) is 30.5 Å². The molecule has 0 radical (unpaired) electrons. The van der Waals surface area contributed by atoms with Gasteiger partial charge in [-0.2, -0.15) is 4.98 Å². The van der Waals surface area contributed by atoms with Gasteiger partial charge in [-0.15, -0.1) is 0 Å². The molecule has 1 aliphatic heterocycles. The highest BCUT2D eigenvalue weighted by Gasteiger charge is 2.23. The minimum absolute atomic E-state index is 0.528. The van der Waals surface area contributed by atoms with Crippen molar-refractivity contribution in [2.24, 2.45) is 0 Å². The second kappa shape index (κ2) is 6.45. The summed E-state index contributed by atoms with van der Waals surface area (Å²) in [7, 11) is 0. The zero-order valence-corrected chi connectivity index (χ0v) is 14.4. The first-order chi connectivity index (χ1) is 12.8. The van der Waals surface area contributed by atoms with Crippen LogP contribution in [0.5, 0.6) is 0 Å². The molecule has 0 atom stereocenters. The van der Waals surface area contributed by atoms with Crippen molar-refractivity contribution < 1.29 is 4.74 Å². The molecular weight excluding hydrogens is 330 g/mol. The van der Waals surface area contributed by atoms with Crippen LogP contribution in [0.1, 0.15) is 12.8 Å². The molecule has 3 N–H and O–H groups in total. The Hall–Kier alpha value is -2.87. The van der Waals surface area contributed by atoms with Crippen LogP contribution in [-0.2, 0) is 4.74 Å². The van der Waals surface area contributed by atoms with Crippen molar-refractivity contribution in [2.45, 2.75) is 18.9 Å². The number of hydrogen-bond donors (Lipinski definition) is 3. The van der Waals surface area contributed by atoms with Crippen molar-refractivity contribution in [3.8, 4) is 0 Å². The van der Waals surface area contributed by atoms with Gasteiger partial charge in [-0.25, -0.2) is 9.97 Å². The Kier molecular flexibility index (Phi) is 3.82. The lowest BCUT2D eigenvalue weighted by atomic mass is 10.2. The topological polar surface area (TPSA) is 91.0 Å². The summed E-state index contributed by atoms with van der Waals surface area (Å²) in [6, 6.07) is 8.90. The zero-order valence-electron chi connectivity index (χ0n) is 14.4. The third kappa shape index (κ3) is 3.15. The lowest BCUT2D eigenvalue weighted by Crippen LogP contribution is -2.36. The molecule has 26 heavy (non-hydrogen) atoms. The molecule has 2 fully saturated rings. The lowest BCUT2D eigenvalue weighted by molar-refractivity contribution is 0.122. The Labute approximate surface area is 151 Å². The molecule has 1 aliphatic carbocycles. The van der Waals surface area contributed by atoms with Crippen LogP contribution in [0, 0.1) is 0 Å². The Morgan fingerprint density at radius 1 is 1.08 bits per heavy atom. The molecule has 0 bridgehead atoms. The summed E-state index contributed by atoms with van der Waals surface area (Å²) >= 11 is 0. The largest absolute Gasteiger partial charge is 0.378 e. The molecule has 8 nitrogen and oxygen atoms in total. The second-order valence-corrected chi connectivity index (χ2v) is 6.70. The van der Waals surface area contributed by atoms with E-state index in [0.717, 1.165) is 43.3 Å². The summed E-state index contributed by atoms with van der Waals surface area (Å²) in [5.41, 5.74) is 3.69. The second-order valence-electron chi connectivity index (χ2n) is 6.70. The first-order valence-corrected chi connectivity index (χ1v) is 9.02. The molecule has 1 saturated heterocycles.